The molecule has 0 aliphatic heterocycles. The molecule has 0 saturated heterocycles. The van der Waals surface area contributed by atoms with Crippen LogP contribution in [0, 0.1) is 0 Å². The van der Waals surface area contributed by atoms with Crippen LogP contribution in [0.15, 0.2) is 36.0 Å². The molecule has 0 aromatic carbocycles. The van der Waals surface area contributed by atoms with Gasteiger partial charge in [0.05, 0.1) is 12.0 Å². The number of methoxy groups -OCH3 is 1. The maximum Gasteiger partial charge on any atom is 0.134 e. The summed E-state index contributed by atoms with van der Waals surface area (Å²) in [5.74, 6) is 0.961. The van der Waals surface area contributed by atoms with E-state index < -0.39 is 0 Å². The van der Waals surface area contributed by atoms with Gasteiger partial charge in [0.1, 0.15) is 5.75 Å². The van der Waals surface area contributed by atoms with Crippen LogP contribution in [-0.2, 0) is 6.42 Å². The fraction of sp³-hybridized carbons (Fsp3) is 0.308. The van der Waals surface area contributed by atoms with Gasteiger partial charge < -0.3 is 10.1 Å². The normalized spacial score (nSPS) is 12.4. The van der Waals surface area contributed by atoms with Crippen LogP contribution in [0.1, 0.15) is 16.5 Å². The minimum atomic E-state index is 0.285. The molecule has 2 aromatic rings. The molecule has 4 heteroatoms. The van der Waals surface area contributed by atoms with Gasteiger partial charge in [-0.1, -0.05) is 0 Å². The first-order valence-electron chi connectivity index (χ1n) is 5.52. The van der Waals surface area contributed by atoms with Crippen LogP contribution in [0.25, 0.3) is 0 Å². The van der Waals surface area contributed by atoms with Crippen molar-refractivity contribution in [3.63, 3.8) is 0 Å². The highest BCUT2D eigenvalue weighted by Crippen LogP contribution is 2.32. The lowest BCUT2D eigenvalue weighted by Crippen LogP contribution is -2.18. The van der Waals surface area contributed by atoms with Gasteiger partial charge in [-0.15, -0.1) is 11.3 Å². The van der Waals surface area contributed by atoms with E-state index in [0.29, 0.717) is 0 Å². The Balaban J connectivity index is 2.17. The highest BCUT2D eigenvalue weighted by Gasteiger charge is 2.16. The summed E-state index contributed by atoms with van der Waals surface area (Å²) in [5, 5.41) is 5.40. The van der Waals surface area contributed by atoms with Gasteiger partial charge in [-0.25, -0.2) is 0 Å². The molecule has 2 rings (SSSR count). The number of nitrogens with one attached hydrogen (secondary N) is 1. The molecule has 0 spiro atoms. The van der Waals surface area contributed by atoms with E-state index in [1.54, 1.807) is 18.4 Å². The number of hydrogen-bond acceptors (Lipinski definition) is 4. The smallest absolute Gasteiger partial charge is 0.134 e. The second kappa shape index (κ2) is 5.80. The predicted molar refractivity (Wildman–Crippen MR) is 70.6 cm³/mol. The Hall–Kier alpha value is -1.39. The number of aromatic nitrogens is 1. The molecule has 2 aromatic heterocycles. The van der Waals surface area contributed by atoms with Crippen molar-refractivity contribution in [1.29, 1.82) is 0 Å². The van der Waals surface area contributed by atoms with Crippen LogP contribution in [0.2, 0.25) is 0 Å². The van der Waals surface area contributed by atoms with Gasteiger partial charge >= 0.3 is 0 Å². The molecule has 0 saturated carbocycles. The summed E-state index contributed by atoms with van der Waals surface area (Å²) in [6, 6.07) is 6.39. The van der Waals surface area contributed by atoms with Gasteiger partial charge in [-0.2, -0.15) is 0 Å². The summed E-state index contributed by atoms with van der Waals surface area (Å²) in [7, 11) is 3.69. The Morgan fingerprint density at radius 2 is 2.12 bits per heavy atom. The van der Waals surface area contributed by atoms with Crippen molar-refractivity contribution in [2.24, 2.45) is 0 Å². The average molecular weight is 248 g/mol. The number of likely N-dealkylation sites (N-methyl/N-ethyl adjacent to an activating group) is 1. The zero-order valence-corrected chi connectivity index (χ0v) is 10.8. The van der Waals surface area contributed by atoms with Gasteiger partial charge in [-0.05, 0) is 42.6 Å². The zero-order chi connectivity index (χ0) is 12.1. The van der Waals surface area contributed by atoms with Crippen molar-refractivity contribution in [3.05, 3.63) is 46.4 Å². The lowest BCUT2D eigenvalue weighted by atomic mass is 10.1. The maximum atomic E-state index is 5.36. The van der Waals surface area contributed by atoms with Crippen molar-refractivity contribution in [3.8, 4) is 5.75 Å². The van der Waals surface area contributed by atoms with E-state index in [-0.39, 0.29) is 6.04 Å². The molecule has 2 heterocycles. The monoisotopic (exact) mass is 248 g/mol. The zero-order valence-electron chi connectivity index (χ0n) is 10.0. The predicted octanol–water partition coefficient (Wildman–Crippen LogP) is 2.65. The summed E-state index contributed by atoms with van der Waals surface area (Å²) in [6.07, 6.45) is 4.59. The number of nitrogens with zero attached hydrogens (tertiary/aromatic N) is 1. The highest BCUT2D eigenvalue weighted by molar-refractivity contribution is 7.10. The van der Waals surface area contributed by atoms with Crippen molar-refractivity contribution >= 4 is 11.3 Å². The van der Waals surface area contributed by atoms with E-state index >= 15 is 0 Å². The summed E-state index contributed by atoms with van der Waals surface area (Å²) in [5.41, 5.74) is 1.27. The third-order valence-corrected chi connectivity index (χ3v) is 3.74. The molecule has 0 fully saturated rings. The van der Waals surface area contributed by atoms with Crippen molar-refractivity contribution in [1.82, 2.24) is 10.3 Å². The molecule has 0 bridgehead atoms. The Labute approximate surface area is 105 Å². The number of thiophene rings is 1. The first-order chi connectivity index (χ1) is 8.35. The van der Waals surface area contributed by atoms with Crippen molar-refractivity contribution in [2.75, 3.05) is 14.2 Å². The van der Waals surface area contributed by atoms with Gasteiger partial charge in [0.15, 0.2) is 0 Å². The molecule has 1 atom stereocenters. The number of pyridine rings is 1. The van der Waals surface area contributed by atoms with Gasteiger partial charge in [0, 0.05) is 18.4 Å². The molecule has 17 heavy (non-hydrogen) atoms. The Bertz CT molecular complexity index is 455. The molecular weight excluding hydrogens is 232 g/mol. The van der Waals surface area contributed by atoms with E-state index in [0.717, 1.165) is 12.2 Å². The molecule has 90 valence electrons. The van der Waals surface area contributed by atoms with E-state index in [1.165, 1.54) is 10.4 Å². The van der Waals surface area contributed by atoms with Gasteiger partial charge in [0.2, 0.25) is 0 Å². The molecule has 0 radical (unpaired) electrons. The topological polar surface area (TPSA) is 34.2 Å². The van der Waals surface area contributed by atoms with Crippen LogP contribution in [-0.4, -0.2) is 19.1 Å². The molecule has 1 N–H and O–H groups in total. The SMILES string of the molecule is CNC(Cc1ccncc1)c1sccc1OC. The summed E-state index contributed by atoms with van der Waals surface area (Å²) in [4.78, 5) is 5.27. The van der Waals surface area contributed by atoms with E-state index in [2.05, 4.69) is 15.7 Å². The molecule has 0 aliphatic rings. The number of ether oxygens (including phenoxy) is 1. The van der Waals surface area contributed by atoms with Crippen LogP contribution >= 0.6 is 11.3 Å². The lowest BCUT2D eigenvalue weighted by Gasteiger charge is -2.16. The second-order valence-corrected chi connectivity index (χ2v) is 4.70. The summed E-state index contributed by atoms with van der Waals surface area (Å²) >= 11 is 1.72. The minimum absolute atomic E-state index is 0.285. The molecule has 1 unspecified atom stereocenters. The van der Waals surface area contributed by atoms with Crippen LogP contribution in [0.4, 0.5) is 0 Å². The maximum absolute atomic E-state index is 5.36. The first kappa shape index (κ1) is 12.1. The van der Waals surface area contributed by atoms with Gasteiger partial charge in [0.25, 0.3) is 0 Å². The molecular formula is C13H16N2OS. The molecule has 0 amide bonds. The fourth-order valence-electron chi connectivity index (χ4n) is 1.81. The molecule has 0 aliphatic carbocycles. The molecule has 3 nitrogen and oxygen atoms in total. The highest BCUT2D eigenvalue weighted by atomic mass is 32.1. The summed E-state index contributed by atoms with van der Waals surface area (Å²) < 4.78 is 5.36. The minimum Gasteiger partial charge on any atom is -0.496 e. The third kappa shape index (κ3) is 2.84. The Morgan fingerprint density at radius 3 is 2.76 bits per heavy atom. The Morgan fingerprint density at radius 1 is 1.35 bits per heavy atom. The van der Waals surface area contributed by atoms with Crippen LogP contribution < -0.4 is 10.1 Å². The van der Waals surface area contributed by atoms with Gasteiger partial charge in [-0.3, -0.25) is 4.98 Å². The van der Waals surface area contributed by atoms with Crippen LogP contribution in [0.5, 0.6) is 5.75 Å². The van der Waals surface area contributed by atoms with Crippen molar-refractivity contribution < 1.29 is 4.74 Å². The Kier molecular flexibility index (Phi) is 4.12. The number of rotatable bonds is 5. The van der Waals surface area contributed by atoms with Crippen molar-refractivity contribution in [2.45, 2.75) is 12.5 Å². The van der Waals surface area contributed by atoms with E-state index in [4.69, 9.17) is 4.74 Å². The first-order valence-corrected chi connectivity index (χ1v) is 6.40. The van der Waals surface area contributed by atoms with E-state index in [9.17, 15) is 0 Å². The lowest BCUT2D eigenvalue weighted by molar-refractivity contribution is 0.405. The summed E-state index contributed by atoms with van der Waals surface area (Å²) in [6.45, 7) is 0. The average Bonchev–Trinajstić information content (AvgIpc) is 2.85. The van der Waals surface area contributed by atoms with E-state index in [1.807, 2.05) is 37.6 Å². The third-order valence-electron chi connectivity index (χ3n) is 2.73. The largest absolute Gasteiger partial charge is 0.496 e. The van der Waals surface area contributed by atoms with Crippen LogP contribution in [0.3, 0.4) is 0 Å². The number of hydrogen-bond donors (Lipinski definition) is 1. The fourth-order valence-corrected chi connectivity index (χ4v) is 2.78. The standard InChI is InChI=1S/C13H16N2OS/c1-14-11(9-10-3-6-15-7-4-10)13-12(16-2)5-8-17-13/h3-8,11,14H,9H2,1-2H3. The second-order valence-electron chi connectivity index (χ2n) is 3.75. The quantitative estimate of drug-likeness (QED) is 0.883.